The smallest absolute Gasteiger partial charge is 0.164 e. The normalized spacial score (nSPS) is 13.0. The largest absolute Gasteiger partial charge is 0.456 e. The van der Waals surface area contributed by atoms with Crippen LogP contribution in [0.15, 0.2) is 150 Å². The summed E-state index contributed by atoms with van der Waals surface area (Å²) in [5.41, 5.74) is 9.75. The molecule has 0 bridgehead atoms. The summed E-state index contributed by atoms with van der Waals surface area (Å²) in [5, 5.41) is 2.96. The highest BCUT2D eigenvalue weighted by Gasteiger charge is 2.20. The Bertz CT molecular complexity index is 2500. The molecule has 0 atom stereocenters. The van der Waals surface area contributed by atoms with Crippen molar-refractivity contribution in [3.63, 3.8) is 0 Å². The monoisotopic (exact) mass is 604 g/mol. The van der Waals surface area contributed by atoms with E-state index in [4.69, 9.17) is 19.4 Å². The zero-order chi connectivity index (χ0) is 31.2. The van der Waals surface area contributed by atoms with Gasteiger partial charge in [0.15, 0.2) is 17.5 Å². The van der Waals surface area contributed by atoms with E-state index in [1.54, 1.807) is 0 Å². The molecule has 0 N–H and O–H groups in total. The molecule has 0 unspecified atom stereocenters. The molecule has 0 spiro atoms. The van der Waals surface area contributed by atoms with Crippen molar-refractivity contribution in [1.29, 1.82) is 0 Å². The Morgan fingerprint density at radius 2 is 1.23 bits per heavy atom. The third-order valence-electron chi connectivity index (χ3n) is 8.78. The fraction of sp³-hybridized carbons (Fsp3) is 0.0476. The van der Waals surface area contributed by atoms with E-state index in [-0.39, 0.29) is 0 Å². The minimum atomic E-state index is 0.586. The number of hydrogen-bond acceptors (Lipinski definition) is 5. The lowest BCUT2D eigenvalue weighted by atomic mass is 9.97. The topological polar surface area (TPSA) is 64.7 Å². The standard InChI is InChI=1S/C42H28N4O/c1-4-11-27(12-5-1)29-18-20-31(21-19-29)41-44-40(30-15-8-3-9-16-30)45-42(46-41)35-23-33(28-13-6-2-7-14-28)25-38-39(35)34-26-36-32(17-10-22-43-36)24-37(34)47-38/h2-4,6-26H,1,5H2. The van der Waals surface area contributed by atoms with Crippen molar-refractivity contribution in [1.82, 2.24) is 19.9 Å². The summed E-state index contributed by atoms with van der Waals surface area (Å²) in [7, 11) is 0. The quantitative estimate of drug-likeness (QED) is 0.196. The van der Waals surface area contributed by atoms with Crippen LogP contribution in [-0.4, -0.2) is 19.9 Å². The number of aromatic nitrogens is 4. The Morgan fingerprint density at radius 3 is 1.98 bits per heavy atom. The molecule has 47 heavy (non-hydrogen) atoms. The van der Waals surface area contributed by atoms with Gasteiger partial charge in [0.1, 0.15) is 11.2 Å². The van der Waals surface area contributed by atoms with Gasteiger partial charge in [-0.3, -0.25) is 4.98 Å². The molecule has 0 amide bonds. The first kappa shape index (κ1) is 27.1. The highest BCUT2D eigenvalue weighted by molar-refractivity contribution is 6.15. The molecule has 9 rings (SSSR count). The number of nitrogens with zero attached hydrogens (tertiary/aromatic N) is 4. The summed E-state index contributed by atoms with van der Waals surface area (Å²) < 4.78 is 6.58. The second-order valence-corrected chi connectivity index (χ2v) is 11.8. The molecule has 1 aliphatic carbocycles. The van der Waals surface area contributed by atoms with Crippen LogP contribution in [0, 0.1) is 0 Å². The van der Waals surface area contributed by atoms with Crippen LogP contribution in [0.3, 0.4) is 0 Å². The van der Waals surface area contributed by atoms with Crippen molar-refractivity contribution in [2.75, 3.05) is 0 Å². The molecule has 3 heterocycles. The average molecular weight is 605 g/mol. The van der Waals surface area contributed by atoms with Crippen LogP contribution in [0.2, 0.25) is 0 Å². The van der Waals surface area contributed by atoms with E-state index in [9.17, 15) is 0 Å². The van der Waals surface area contributed by atoms with Crippen LogP contribution < -0.4 is 0 Å². The van der Waals surface area contributed by atoms with Gasteiger partial charge in [0, 0.05) is 39.0 Å². The van der Waals surface area contributed by atoms with E-state index in [1.807, 2.05) is 60.8 Å². The molecule has 1 aliphatic rings. The van der Waals surface area contributed by atoms with E-state index in [0.29, 0.717) is 17.5 Å². The lowest BCUT2D eigenvalue weighted by molar-refractivity contribution is 0.669. The fourth-order valence-corrected chi connectivity index (χ4v) is 6.43. The van der Waals surface area contributed by atoms with E-state index in [1.165, 1.54) is 11.1 Å². The van der Waals surface area contributed by atoms with Crippen LogP contribution in [0.25, 0.3) is 83.7 Å². The van der Waals surface area contributed by atoms with Gasteiger partial charge in [0.2, 0.25) is 0 Å². The van der Waals surface area contributed by atoms with Crippen molar-refractivity contribution >= 4 is 38.4 Å². The van der Waals surface area contributed by atoms with Gasteiger partial charge in [-0.05, 0) is 65.4 Å². The molecule has 222 valence electrons. The van der Waals surface area contributed by atoms with E-state index < -0.39 is 0 Å². The van der Waals surface area contributed by atoms with Gasteiger partial charge in [-0.1, -0.05) is 109 Å². The van der Waals surface area contributed by atoms with Gasteiger partial charge < -0.3 is 4.42 Å². The summed E-state index contributed by atoms with van der Waals surface area (Å²) in [5.74, 6) is 1.82. The summed E-state index contributed by atoms with van der Waals surface area (Å²) in [6.07, 6.45) is 10.7. The average Bonchev–Trinajstić information content (AvgIpc) is 3.51. The Hall–Kier alpha value is -6.20. The van der Waals surface area contributed by atoms with Crippen LogP contribution in [-0.2, 0) is 0 Å². The summed E-state index contributed by atoms with van der Waals surface area (Å²) >= 11 is 0. The van der Waals surface area contributed by atoms with Crippen molar-refractivity contribution in [2.24, 2.45) is 0 Å². The molecular weight excluding hydrogens is 576 g/mol. The zero-order valence-corrected chi connectivity index (χ0v) is 25.5. The van der Waals surface area contributed by atoms with E-state index in [2.05, 4.69) is 89.9 Å². The molecule has 0 radical (unpaired) electrons. The summed E-state index contributed by atoms with van der Waals surface area (Å²) in [6.45, 7) is 0. The Balaban J connectivity index is 1.30. The number of hydrogen-bond donors (Lipinski definition) is 0. The lowest BCUT2D eigenvalue weighted by Gasteiger charge is -2.12. The van der Waals surface area contributed by atoms with Crippen LogP contribution >= 0.6 is 0 Å². The first-order valence-corrected chi connectivity index (χ1v) is 15.9. The molecule has 0 saturated carbocycles. The second kappa shape index (κ2) is 11.3. The number of benzene rings is 5. The summed E-state index contributed by atoms with van der Waals surface area (Å²) in [4.78, 5) is 19.9. The number of allylic oxidation sites excluding steroid dienone is 4. The molecule has 3 aromatic heterocycles. The van der Waals surface area contributed by atoms with Crippen molar-refractivity contribution in [2.45, 2.75) is 12.8 Å². The van der Waals surface area contributed by atoms with Crippen LogP contribution in [0.4, 0.5) is 0 Å². The highest BCUT2D eigenvalue weighted by Crippen LogP contribution is 2.41. The highest BCUT2D eigenvalue weighted by atomic mass is 16.3. The first-order valence-electron chi connectivity index (χ1n) is 15.9. The Morgan fingerprint density at radius 1 is 0.532 bits per heavy atom. The maximum Gasteiger partial charge on any atom is 0.164 e. The van der Waals surface area contributed by atoms with E-state index in [0.717, 1.165) is 73.5 Å². The van der Waals surface area contributed by atoms with Gasteiger partial charge in [0.25, 0.3) is 0 Å². The third-order valence-corrected chi connectivity index (χ3v) is 8.78. The molecule has 0 fully saturated rings. The van der Waals surface area contributed by atoms with Crippen LogP contribution in [0.1, 0.15) is 18.4 Å². The molecular formula is C42H28N4O. The molecule has 0 saturated heterocycles. The SMILES string of the molecule is C1=CC(c2ccc(-c3nc(-c4ccccc4)nc(-c4cc(-c5ccccc5)cc5oc6cc7cccnc7cc6c45)n3)cc2)=CCC1. The van der Waals surface area contributed by atoms with Crippen molar-refractivity contribution in [3.8, 4) is 45.3 Å². The maximum atomic E-state index is 6.58. The number of rotatable bonds is 5. The maximum absolute atomic E-state index is 6.58. The molecule has 5 aromatic carbocycles. The number of furan rings is 1. The fourth-order valence-electron chi connectivity index (χ4n) is 6.43. The van der Waals surface area contributed by atoms with Gasteiger partial charge in [-0.25, -0.2) is 15.0 Å². The molecule has 0 aliphatic heterocycles. The summed E-state index contributed by atoms with van der Waals surface area (Å²) in [6, 6.07) is 41.4. The zero-order valence-electron chi connectivity index (χ0n) is 25.5. The Kier molecular flexibility index (Phi) is 6.53. The van der Waals surface area contributed by atoms with Gasteiger partial charge in [0.05, 0.1) is 5.52 Å². The van der Waals surface area contributed by atoms with Gasteiger partial charge in [-0.15, -0.1) is 0 Å². The lowest BCUT2D eigenvalue weighted by Crippen LogP contribution is -2.01. The van der Waals surface area contributed by atoms with Crippen molar-refractivity contribution in [3.05, 3.63) is 151 Å². The van der Waals surface area contributed by atoms with Gasteiger partial charge >= 0.3 is 0 Å². The predicted octanol–water partition coefficient (Wildman–Crippen LogP) is 10.7. The third kappa shape index (κ3) is 4.99. The van der Waals surface area contributed by atoms with Gasteiger partial charge in [-0.2, -0.15) is 0 Å². The first-order chi connectivity index (χ1) is 23.3. The molecule has 8 aromatic rings. The predicted molar refractivity (Wildman–Crippen MR) is 191 cm³/mol. The number of fused-ring (bicyclic) bond motifs is 4. The Labute approximate surface area is 271 Å². The van der Waals surface area contributed by atoms with E-state index >= 15 is 0 Å². The second-order valence-electron chi connectivity index (χ2n) is 11.8. The van der Waals surface area contributed by atoms with Crippen molar-refractivity contribution < 1.29 is 4.42 Å². The molecule has 5 heteroatoms. The molecule has 5 nitrogen and oxygen atoms in total. The number of pyridine rings is 1. The minimum Gasteiger partial charge on any atom is -0.456 e. The van der Waals surface area contributed by atoms with Crippen LogP contribution in [0.5, 0.6) is 0 Å². The minimum absolute atomic E-state index is 0.586.